The Kier molecular flexibility index (Phi) is 5.63. The van der Waals surface area contributed by atoms with E-state index in [0.29, 0.717) is 5.92 Å². The Morgan fingerprint density at radius 1 is 1.06 bits per heavy atom. The van der Waals surface area contributed by atoms with E-state index in [0.717, 1.165) is 29.9 Å². The van der Waals surface area contributed by atoms with Crippen LogP contribution in [0.5, 0.6) is 11.5 Å². The van der Waals surface area contributed by atoms with Crippen molar-refractivity contribution in [1.82, 2.24) is 0 Å². The molecule has 0 saturated carbocycles. The van der Waals surface area contributed by atoms with Crippen molar-refractivity contribution >= 4 is 11.6 Å². The molecule has 0 bridgehead atoms. The molecule has 96 valence electrons. The van der Waals surface area contributed by atoms with Gasteiger partial charge >= 0.3 is 0 Å². The van der Waals surface area contributed by atoms with Crippen molar-refractivity contribution < 1.29 is 9.47 Å². The van der Waals surface area contributed by atoms with Crippen molar-refractivity contribution in [2.24, 2.45) is 5.92 Å². The van der Waals surface area contributed by atoms with Gasteiger partial charge < -0.3 is 9.47 Å². The summed E-state index contributed by atoms with van der Waals surface area (Å²) < 4.78 is 10.5. The lowest BCUT2D eigenvalue weighted by atomic mass is 9.94. The number of hydrogen-bond acceptors (Lipinski definition) is 2. The fourth-order valence-corrected chi connectivity index (χ4v) is 2.49. The molecule has 0 radical (unpaired) electrons. The molecule has 0 aliphatic carbocycles. The van der Waals surface area contributed by atoms with Crippen LogP contribution in [0.25, 0.3) is 0 Å². The van der Waals surface area contributed by atoms with Gasteiger partial charge in [-0.25, -0.2) is 0 Å². The highest BCUT2D eigenvalue weighted by Crippen LogP contribution is 2.37. The molecule has 0 aromatic heterocycles. The van der Waals surface area contributed by atoms with Gasteiger partial charge in [-0.2, -0.15) is 0 Å². The van der Waals surface area contributed by atoms with E-state index in [-0.39, 0.29) is 5.38 Å². The lowest BCUT2D eigenvalue weighted by Crippen LogP contribution is -2.06. The number of methoxy groups -OCH3 is 2. The van der Waals surface area contributed by atoms with E-state index in [1.54, 1.807) is 14.2 Å². The summed E-state index contributed by atoms with van der Waals surface area (Å²) in [7, 11) is 3.28. The molecule has 1 aromatic carbocycles. The summed E-state index contributed by atoms with van der Waals surface area (Å²) in [5.74, 6) is 1.97. The highest BCUT2D eigenvalue weighted by molar-refractivity contribution is 6.21. The van der Waals surface area contributed by atoms with Crippen LogP contribution < -0.4 is 9.47 Å². The molecule has 1 aromatic rings. The van der Waals surface area contributed by atoms with E-state index < -0.39 is 0 Å². The molecule has 1 rings (SSSR count). The Hall–Kier alpha value is -0.890. The van der Waals surface area contributed by atoms with Crippen LogP contribution in [-0.2, 0) is 0 Å². The highest BCUT2D eigenvalue weighted by Gasteiger charge is 2.19. The summed E-state index contributed by atoms with van der Waals surface area (Å²) in [6.07, 6.45) is 2.16. The first-order valence-electron chi connectivity index (χ1n) is 6.03. The summed E-state index contributed by atoms with van der Waals surface area (Å²) in [6.45, 7) is 4.34. The van der Waals surface area contributed by atoms with Gasteiger partial charge in [0.15, 0.2) is 11.5 Å². The van der Waals surface area contributed by atoms with Gasteiger partial charge in [-0.15, -0.1) is 11.6 Å². The second-order valence-corrected chi connectivity index (χ2v) is 4.56. The van der Waals surface area contributed by atoms with E-state index in [9.17, 15) is 0 Å². The molecule has 3 heteroatoms. The Morgan fingerprint density at radius 3 is 2.12 bits per heavy atom. The van der Waals surface area contributed by atoms with E-state index >= 15 is 0 Å². The maximum absolute atomic E-state index is 6.50. The van der Waals surface area contributed by atoms with Gasteiger partial charge in [0.05, 0.1) is 19.6 Å². The number of rotatable bonds is 6. The summed E-state index contributed by atoms with van der Waals surface area (Å²) in [5.41, 5.74) is 1.10. The molecule has 1 atom stereocenters. The van der Waals surface area contributed by atoms with Crippen molar-refractivity contribution in [2.45, 2.75) is 32.1 Å². The van der Waals surface area contributed by atoms with Gasteiger partial charge in [0.2, 0.25) is 0 Å². The molecular weight excluding hydrogens is 236 g/mol. The van der Waals surface area contributed by atoms with Crippen LogP contribution in [0.2, 0.25) is 0 Å². The van der Waals surface area contributed by atoms with Gasteiger partial charge in [0.1, 0.15) is 0 Å². The monoisotopic (exact) mass is 256 g/mol. The zero-order chi connectivity index (χ0) is 12.8. The number of benzene rings is 1. The molecule has 0 aliphatic rings. The minimum atomic E-state index is 0.0322. The molecule has 1 unspecified atom stereocenters. The predicted octanol–water partition coefficient (Wildman–Crippen LogP) is 4.42. The SMILES string of the molecule is CCC(CC)C(Cl)c1ccc(OC)c(OC)c1. The minimum Gasteiger partial charge on any atom is -0.493 e. The quantitative estimate of drug-likeness (QED) is 0.702. The van der Waals surface area contributed by atoms with Crippen molar-refractivity contribution in [3.8, 4) is 11.5 Å². The van der Waals surface area contributed by atoms with Crippen LogP contribution in [0.4, 0.5) is 0 Å². The molecule has 2 nitrogen and oxygen atoms in total. The summed E-state index contributed by atoms with van der Waals surface area (Å²) in [5, 5.41) is 0.0322. The molecule has 0 fully saturated rings. The molecule has 0 N–H and O–H groups in total. The Bertz CT molecular complexity index is 348. The van der Waals surface area contributed by atoms with Crippen molar-refractivity contribution in [3.63, 3.8) is 0 Å². The van der Waals surface area contributed by atoms with E-state index in [1.165, 1.54) is 0 Å². The minimum absolute atomic E-state index is 0.0322. The third-order valence-corrected chi connectivity index (χ3v) is 3.80. The zero-order valence-corrected chi connectivity index (χ0v) is 11.8. The fourth-order valence-electron chi connectivity index (χ4n) is 2.00. The van der Waals surface area contributed by atoms with Gasteiger partial charge in [-0.05, 0) is 23.6 Å². The van der Waals surface area contributed by atoms with Gasteiger partial charge in [0.25, 0.3) is 0 Å². The van der Waals surface area contributed by atoms with E-state index in [4.69, 9.17) is 21.1 Å². The molecular formula is C14H21ClO2. The summed E-state index contributed by atoms with van der Waals surface area (Å²) in [6, 6.07) is 5.89. The lowest BCUT2D eigenvalue weighted by Gasteiger charge is -2.20. The van der Waals surface area contributed by atoms with Crippen LogP contribution in [-0.4, -0.2) is 14.2 Å². The Morgan fingerprint density at radius 2 is 1.65 bits per heavy atom. The smallest absolute Gasteiger partial charge is 0.161 e. The van der Waals surface area contributed by atoms with Crippen LogP contribution in [0, 0.1) is 5.92 Å². The van der Waals surface area contributed by atoms with Crippen LogP contribution in [0.3, 0.4) is 0 Å². The lowest BCUT2D eigenvalue weighted by molar-refractivity contribution is 0.354. The average molecular weight is 257 g/mol. The Labute approximate surface area is 109 Å². The number of ether oxygens (including phenoxy) is 2. The maximum atomic E-state index is 6.50. The molecule has 0 spiro atoms. The van der Waals surface area contributed by atoms with Crippen LogP contribution >= 0.6 is 11.6 Å². The van der Waals surface area contributed by atoms with Crippen LogP contribution in [0.1, 0.15) is 37.6 Å². The predicted molar refractivity (Wildman–Crippen MR) is 72.2 cm³/mol. The van der Waals surface area contributed by atoms with Gasteiger partial charge in [-0.1, -0.05) is 32.8 Å². The summed E-state index contributed by atoms with van der Waals surface area (Å²) >= 11 is 6.50. The number of hydrogen-bond donors (Lipinski definition) is 0. The molecule has 0 heterocycles. The first-order valence-corrected chi connectivity index (χ1v) is 6.47. The first kappa shape index (κ1) is 14.2. The van der Waals surface area contributed by atoms with Crippen molar-refractivity contribution in [1.29, 1.82) is 0 Å². The topological polar surface area (TPSA) is 18.5 Å². The maximum Gasteiger partial charge on any atom is 0.161 e. The van der Waals surface area contributed by atoms with Crippen LogP contribution in [0.15, 0.2) is 18.2 Å². The van der Waals surface area contributed by atoms with Gasteiger partial charge in [0, 0.05) is 0 Å². The summed E-state index contributed by atoms with van der Waals surface area (Å²) in [4.78, 5) is 0. The highest BCUT2D eigenvalue weighted by atomic mass is 35.5. The Balaban J connectivity index is 2.98. The number of alkyl halides is 1. The second kappa shape index (κ2) is 6.75. The molecule has 17 heavy (non-hydrogen) atoms. The second-order valence-electron chi connectivity index (χ2n) is 4.09. The molecule has 0 saturated heterocycles. The van der Waals surface area contributed by atoms with Gasteiger partial charge in [-0.3, -0.25) is 0 Å². The van der Waals surface area contributed by atoms with Crippen molar-refractivity contribution in [2.75, 3.05) is 14.2 Å². The fraction of sp³-hybridized carbons (Fsp3) is 0.571. The third-order valence-electron chi connectivity index (χ3n) is 3.19. The number of halogens is 1. The van der Waals surface area contributed by atoms with E-state index in [1.807, 2.05) is 18.2 Å². The molecule has 0 aliphatic heterocycles. The standard InChI is InChI=1S/C14H21ClO2/c1-5-10(6-2)14(15)11-7-8-12(16-3)13(9-11)17-4/h7-10,14H,5-6H2,1-4H3. The largest absolute Gasteiger partial charge is 0.493 e. The average Bonchev–Trinajstić information content (AvgIpc) is 2.39. The first-order chi connectivity index (χ1) is 8.17. The van der Waals surface area contributed by atoms with Crippen molar-refractivity contribution in [3.05, 3.63) is 23.8 Å². The third kappa shape index (κ3) is 3.29. The van der Waals surface area contributed by atoms with E-state index in [2.05, 4.69) is 13.8 Å². The normalized spacial score (nSPS) is 12.6. The zero-order valence-electron chi connectivity index (χ0n) is 11.0. The molecule has 0 amide bonds.